The van der Waals surface area contributed by atoms with Crippen molar-refractivity contribution in [3.63, 3.8) is 0 Å². The molecule has 0 saturated heterocycles. The first kappa shape index (κ1) is 24.8. The van der Waals surface area contributed by atoms with E-state index in [4.69, 9.17) is 31.2 Å². The quantitative estimate of drug-likeness (QED) is 0.297. The number of ether oxygens (including phenoxy) is 2. The van der Waals surface area contributed by atoms with E-state index in [2.05, 4.69) is 10.5 Å². The van der Waals surface area contributed by atoms with Gasteiger partial charge >= 0.3 is 0 Å². The molecule has 1 aromatic heterocycles. The summed E-state index contributed by atoms with van der Waals surface area (Å²) >= 11 is 5.69. The number of hydrogen-bond donors (Lipinski definition) is 1. The minimum Gasteiger partial charge on any atom is -0.494 e. The van der Waals surface area contributed by atoms with E-state index in [0.717, 1.165) is 34.6 Å². The van der Waals surface area contributed by atoms with Crippen molar-refractivity contribution in [3.05, 3.63) is 71.5 Å². The fraction of sp³-hybridized carbons (Fsp3) is 0.346. The molecule has 35 heavy (non-hydrogen) atoms. The van der Waals surface area contributed by atoms with Crippen LogP contribution in [0.15, 0.2) is 58.8 Å². The van der Waals surface area contributed by atoms with Crippen LogP contribution in [-0.4, -0.2) is 46.5 Å². The summed E-state index contributed by atoms with van der Waals surface area (Å²) in [7, 11) is 0. The number of aromatic nitrogens is 2. The molecule has 0 saturated carbocycles. The summed E-state index contributed by atoms with van der Waals surface area (Å²) < 4.78 is 30.4. The van der Waals surface area contributed by atoms with Gasteiger partial charge in [0.15, 0.2) is 5.11 Å². The number of rotatable bonds is 10. The zero-order valence-electron chi connectivity index (χ0n) is 20.1. The Hall–Kier alpha value is -3.30. The summed E-state index contributed by atoms with van der Waals surface area (Å²) in [5, 5.41) is 8.20. The van der Waals surface area contributed by atoms with E-state index in [9.17, 15) is 4.39 Å². The zero-order valence-corrected chi connectivity index (χ0v) is 20.9. The molecule has 2 aromatic carbocycles. The Balaban J connectivity index is 1.69. The maximum Gasteiger partial charge on any atom is 0.258 e. The highest BCUT2D eigenvalue weighted by molar-refractivity contribution is 7.80. The Labute approximate surface area is 209 Å². The molecule has 184 valence electrons. The lowest BCUT2D eigenvalue weighted by Crippen LogP contribution is -2.46. The van der Waals surface area contributed by atoms with Crippen LogP contribution in [0.4, 0.5) is 4.39 Å². The first-order valence-electron chi connectivity index (χ1n) is 11.7. The van der Waals surface area contributed by atoms with Crippen LogP contribution in [0.25, 0.3) is 17.0 Å². The second-order valence-electron chi connectivity index (χ2n) is 8.02. The molecule has 0 spiro atoms. The lowest BCUT2D eigenvalue weighted by molar-refractivity contribution is 0.141. The molecule has 1 unspecified atom stereocenters. The third-order valence-electron chi connectivity index (χ3n) is 5.75. The molecule has 7 nitrogen and oxygen atoms in total. The standard InChI is InChI=1S/C26H29FN4O3S/c1-4-32-16-6-15-31-17(3)22(23(28-26(31)35)18-7-11-20(27)12-8-18)25-29-24(30-34-25)19-9-13-21(14-10-19)33-5-2/h7-14,23H,4-6,15-16H2,1-3H3,(H,28,35). The molecule has 4 rings (SSSR count). The minimum atomic E-state index is -0.361. The number of halogens is 1. The van der Waals surface area contributed by atoms with E-state index in [1.807, 2.05) is 49.9 Å². The van der Waals surface area contributed by atoms with Gasteiger partial charge in [0.05, 0.1) is 18.2 Å². The normalized spacial score (nSPS) is 15.9. The highest BCUT2D eigenvalue weighted by atomic mass is 32.1. The first-order chi connectivity index (χ1) is 17.0. The Kier molecular flexibility index (Phi) is 8.09. The maximum atomic E-state index is 13.6. The van der Waals surface area contributed by atoms with Crippen LogP contribution in [0.5, 0.6) is 5.75 Å². The van der Waals surface area contributed by atoms with Crippen LogP contribution in [0.2, 0.25) is 0 Å². The largest absolute Gasteiger partial charge is 0.494 e. The molecule has 3 aromatic rings. The summed E-state index contributed by atoms with van der Waals surface area (Å²) in [6.07, 6.45) is 0.808. The summed E-state index contributed by atoms with van der Waals surface area (Å²) in [6.45, 7) is 8.49. The summed E-state index contributed by atoms with van der Waals surface area (Å²) in [5.41, 5.74) is 3.36. The van der Waals surface area contributed by atoms with Crippen LogP contribution >= 0.6 is 12.2 Å². The Bertz CT molecular complexity index is 1180. The van der Waals surface area contributed by atoms with E-state index < -0.39 is 0 Å². The molecule has 9 heteroatoms. The fourth-order valence-electron chi connectivity index (χ4n) is 4.02. The highest BCUT2D eigenvalue weighted by Crippen LogP contribution is 2.37. The lowest BCUT2D eigenvalue weighted by Gasteiger charge is -2.37. The molecule has 0 bridgehead atoms. The summed E-state index contributed by atoms with van der Waals surface area (Å²) in [5.74, 6) is 1.33. The van der Waals surface area contributed by atoms with Crippen molar-refractivity contribution in [1.82, 2.24) is 20.4 Å². The Morgan fingerprint density at radius 3 is 2.51 bits per heavy atom. The van der Waals surface area contributed by atoms with Crippen molar-refractivity contribution >= 4 is 22.9 Å². The highest BCUT2D eigenvalue weighted by Gasteiger charge is 2.34. The molecule has 0 aliphatic carbocycles. The van der Waals surface area contributed by atoms with Gasteiger partial charge in [-0.1, -0.05) is 17.3 Å². The molecular formula is C26H29FN4O3S. The number of benzene rings is 2. The molecule has 2 heterocycles. The molecule has 0 radical (unpaired) electrons. The van der Waals surface area contributed by atoms with Crippen LogP contribution in [0, 0.1) is 5.82 Å². The molecule has 1 aliphatic rings. The van der Waals surface area contributed by atoms with E-state index in [1.165, 1.54) is 12.1 Å². The van der Waals surface area contributed by atoms with Crippen molar-refractivity contribution in [2.75, 3.05) is 26.4 Å². The second kappa shape index (κ2) is 11.4. The van der Waals surface area contributed by atoms with E-state index >= 15 is 0 Å². The summed E-state index contributed by atoms with van der Waals surface area (Å²) in [6, 6.07) is 13.5. The van der Waals surface area contributed by atoms with Crippen LogP contribution in [0.3, 0.4) is 0 Å². The van der Waals surface area contributed by atoms with Crippen LogP contribution < -0.4 is 10.1 Å². The number of allylic oxidation sites excluding steroid dienone is 1. The van der Waals surface area contributed by atoms with Crippen molar-refractivity contribution in [1.29, 1.82) is 0 Å². The lowest BCUT2D eigenvalue weighted by atomic mass is 9.94. The van der Waals surface area contributed by atoms with E-state index in [0.29, 0.717) is 43.2 Å². The number of nitrogens with zero attached hydrogens (tertiary/aromatic N) is 3. The SMILES string of the molecule is CCOCCCN1C(=S)NC(c2ccc(F)cc2)C(c2nc(-c3ccc(OCC)cc3)no2)=C1C. The Morgan fingerprint density at radius 2 is 1.83 bits per heavy atom. The number of thiocarbonyl (C=S) groups is 1. The van der Waals surface area contributed by atoms with Gasteiger partial charge in [0.2, 0.25) is 5.82 Å². The van der Waals surface area contributed by atoms with Gasteiger partial charge in [0, 0.05) is 31.0 Å². The molecule has 1 atom stereocenters. The van der Waals surface area contributed by atoms with Crippen LogP contribution in [0.1, 0.15) is 44.7 Å². The smallest absolute Gasteiger partial charge is 0.258 e. The summed E-state index contributed by atoms with van der Waals surface area (Å²) in [4.78, 5) is 6.73. The predicted octanol–water partition coefficient (Wildman–Crippen LogP) is 5.36. The molecule has 0 fully saturated rings. The minimum absolute atomic E-state index is 0.303. The zero-order chi connectivity index (χ0) is 24.8. The predicted molar refractivity (Wildman–Crippen MR) is 136 cm³/mol. The average molecular weight is 497 g/mol. The average Bonchev–Trinajstić information content (AvgIpc) is 3.34. The van der Waals surface area contributed by atoms with Crippen LogP contribution in [-0.2, 0) is 4.74 Å². The van der Waals surface area contributed by atoms with Gasteiger partial charge in [-0.2, -0.15) is 4.98 Å². The van der Waals surface area contributed by atoms with Gasteiger partial charge in [-0.25, -0.2) is 4.39 Å². The second-order valence-corrected chi connectivity index (χ2v) is 8.40. The molecule has 1 aliphatic heterocycles. The van der Waals surface area contributed by atoms with Gasteiger partial charge in [-0.05, 0) is 81.4 Å². The third-order valence-corrected chi connectivity index (χ3v) is 6.09. The van der Waals surface area contributed by atoms with Gasteiger partial charge in [-0.15, -0.1) is 0 Å². The van der Waals surface area contributed by atoms with Crippen molar-refractivity contribution in [2.45, 2.75) is 33.2 Å². The first-order valence-corrected chi connectivity index (χ1v) is 12.1. The molecular weight excluding hydrogens is 467 g/mol. The maximum absolute atomic E-state index is 13.6. The fourth-order valence-corrected chi connectivity index (χ4v) is 4.37. The Morgan fingerprint density at radius 1 is 1.09 bits per heavy atom. The van der Waals surface area contributed by atoms with Gasteiger partial charge in [0.25, 0.3) is 5.89 Å². The van der Waals surface area contributed by atoms with Gasteiger partial charge < -0.3 is 24.2 Å². The monoisotopic (exact) mass is 496 g/mol. The molecule has 1 N–H and O–H groups in total. The number of nitrogens with one attached hydrogen (secondary N) is 1. The van der Waals surface area contributed by atoms with Crippen molar-refractivity contribution in [2.24, 2.45) is 0 Å². The van der Waals surface area contributed by atoms with Crippen molar-refractivity contribution in [3.8, 4) is 17.1 Å². The van der Waals surface area contributed by atoms with E-state index in [-0.39, 0.29) is 11.9 Å². The van der Waals surface area contributed by atoms with Gasteiger partial charge in [0.1, 0.15) is 11.6 Å². The van der Waals surface area contributed by atoms with E-state index in [1.54, 1.807) is 12.1 Å². The number of hydrogen-bond acceptors (Lipinski definition) is 6. The third kappa shape index (κ3) is 5.68. The van der Waals surface area contributed by atoms with Gasteiger partial charge in [-0.3, -0.25) is 0 Å². The molecule has 0 amide bonds. The van der Waals surface area contributed by atoms with Crippen molar-refractivity contribution < 1.29 is 18.4 Å². The topological polar surface area (TPSA) is 72.7 Å².